The molecule has 1 aromatic heterocycles. The van der Waals surface area contributed by atoms with E-state index in [0.29, 0.717) is 11.4 Å². The molecule has 10 heteroatoms. The number of nitrogen functional groups attached to an aromatic ring is 1. The molecule has 2 atom stereocenters. The fraction of sp³-hybridized carbons (Fsp3) is 0.370. The van der Waals surface area contributed by atoms with E-state index in [1.165, 1.54) is 4.57 Å². The number of aliphatic imine (C=N–C) groups is 1. The molecule has 1 heterocycles. The number of benzene rings is 2. The number of hydrogen-bond acceptors (Lipinski definition) is 7. The number of anilines is 2. The highest BCUT2D eigenvalue weighted by Gasteiger charge is 2.28. The van der Waals surface area contributed by atoms with Gasteiger partial charge in [-0.2, -0.15) is 0 Å². The average Bonchev–Trinajstić information content (AvgIpc) is 3.39. The molecule has 0 saturated heterocycles. The van der Waals surface area contributed by atoms with E-state index in [1.807, 2.05) is 63.2 Å². The van der Waals surface area contributed by atoms with E-state index in [9.17, 15) is 4.79 Å². The second-order valence-corrected chi connectivity index (χ2v) is 9.97. The number of aromatic nitrogens is 1. The van der Waals surface area contributed by atoms with Crippen LogP contribution in [-0.2, 0) is 11.8 Å². The first-order valence-corrected chi connectivity index (χ1v) is 12.0. The molecule has 198 valence electrons. The van der Waals surface area contributed by atoms with E-state index >= 15 is 0 Å². The molecule has 0 bridgehead atoms. The number of nitrogens with zero attached hydrogens (tertiary/aromatic N) is 2. The van der Waals surface area contributed by atoms with Crippen LogP contribution in [0.2, 0.25) is 0 Å². The number of hydrogen-bond donors (Lipinski definition) is 4. The summed E-state index contributed by atoms with van der Waals surface area (Å²) in [5.41, 5.74) is 15.5. The molecule has 1 aliphatic carbocycles. The maximum Gasteiger partial charge on any atom is 0.419 e. The predicted octanol–water partition coefficient (Wildman–Crippen LogP) is 4.11. The largest absolute Gasteiger partial charge is 0.490 e. The van der Waals surface area contributed by atoms with E-state index in [0.717, 1.165) is 47.6 Å². The van der Waals surface area contributed by atoms with Crippen LogP contribution in [0.5, 0.6) is 5.75 Å². The monoisotopic (exact) mass is 509 g/mol. The summed E-state index contributed by atoms with van der Waals surface area (Å²) < 4.78 is 12.9. The molecule has 6 N–H and O–H groups in total. The number of rotatable bonds is 5. The van der Waals surface area contributed by atoms with Gasteiger partial charge in [0.1, 0.15) is 11.6 Å². The lowest BCUT2D eigenvalue weighted by atomic mass is 10.0. The molecule has 0 radical (unpaired) electrons. The Bertz CT molecular complexity index is 1330. The normalized spacial score (nSPS) is 18.3. The maximum absolute atomic E-state index is 11.8. The number of fused-ring (bicyclic) bond motifs is 1. The summed E-state index contributed by atoms with van der Waals surface area (Å²) in [6.07, 6.45) is 4.75. The second kappa shape index (κ2) is 11.7. The number of aryl methyl sites for hydroxylation is 1. The molecular formula is C27H35N5O5. The van der Waals surface area contributed by atoms with Gasteiger partial charge < -0.3 is 31.0 Å². The molecule has 0 amide bonds. The van der Waals surface area contributed by atoms with Gasteiger partial charge in [-0.25, -0.2) is 4.79 Å². The third-order valence-corrected chi connectivity index (χ3v) is 5.86. The average molecular weight is 510 g/mol. The smallest absolute Gasteiger partial charge is 0.419 e. The number of nitrogens with two attached hydrogens (primary N) is 2. The number of allylic oxidation sites excluding steroid dienone is 1. The molecular weight excluding hydrogens is 474 g/mol. The predicted molar refractivity (Wildman–Crippen MR) is 146 cm³/mol. The van der Waals surface area contributed by atoms with Crippen molar-refractivity contribution < 1.29 is 19.1 Å². The molecule has 1 aliphatic rings. The van der Waals surface area contributed by atoms with Gasteiger partial charge in [-0.15, -0.1) is 0 Å². The maximum atomic E-state index is 11.8. The number of carbonyl (C=O) groups is 1. The van der Waals surface area contributed by atoms with E-state index in [4.69, 9.17) is 35.5 Å². The van der Waals surface area contributed by atoms with Crippen molar-refractivity contribution in [2.45, 2.75) is 51.7 Å². The van der Waals surface area contributed by atoms with Crippen LogP contribution < -0.4 is 27.3 Å². The number of amidine groups is 1. The molecule has 0 aliphatic heterocycles. The minimum atomic E-state index is -0.392. The van der Waals surface area contributed by atoms with Gasteiger partial charge in [0.05, 0.1) is 17.2 Å². The Balaban J connectivity index is 0.00000121. The van der Waals surface area contributed by atoms with Crippen molar-refractivity contribution in [1.82, 2.24) is 4.57 Å². The highest BCUT2D eigenvalue weighted by Crippen LogP contribution is 2.32. The summed E-state index contributed by atoms with van der Waals surface area (Å²) in [5, 5.41) is 10.2. The summed E-state index contributed by atoms with van der Waals surface area (Å²) in [7, 11) is 1.68. The van der Waals surface area contributed by atoms with Crippen LogP contribution >= 0.6 is 0 Å². The minimum Gasteiger partial charge on any atom is -0.490 e. The first-order valence-electron chi connectivity index (χ1n) is 12.0. The van der Waals surface area contributed by atoms with Gasteiger partial charge >= 0.3 is 5.76 Å². The van der Waals surface area contributed by atoms with E-state index in [-0.39, 0.29) is 24.0 Å². The quantitative estimate of drug-likeness (QED) is 0.173. The van der Waals surface area contributed by atoms with E-state index in [1.54, 1.807) is 13.1 Å². The number of carboxylic acid groups (broad SMARTS) is 1. The third kappa shape index (κ3) is 7.63. The topological polar surface area (TPSA) is 158 Å². The van der Waals surface area contributed by atoms with Crippen LogP contribution in [0.1, 0.15) is 40.0 Å². The van der Waals surface area contributed by atoms with Gasteiger partial charge in [0.2, 0.25) is 0 Å². The molecule has 10 nitrogen and oxygen atoms in total. The van der Waals surface area contributed by atoms with E-state index < -0.39 is 5.76 Å². The van der Waals surface area contributed by atoms with Crippen molar-refractivity contribution in [2.75, 3.05) is 11.1 Å². The Hall–Kier alpha value is -4.21. The summed E-state index contributed by atoms with van der Waals surface area (Å²) >= 11 is 0. The fourth-order valence-electron chi connectivity index (χ4n) is 4.18. The molecule has 0 spiro atoms. The zero-order valence-electron chi connectivity index (χ0n) is 21.6. The molecule has 4 rings (SSSR count). The van der Waals surface area contributed by atoms with Crippen LogP contribution in [-0.4, -0.2) is 33.6 Å². The number of ether oxygens (including phenoxy) is 1. The zero-order chi connectivity index (χ0) is 27.2. The molecule has 2 aromatic carbocycles. The van der Waals surface area contributed by atoms with Gasteiger partial charge in [-0.3, -0.25) is 14.4 Å². The SMILES string of the molecule is Cn1c(=O)oc2cc(NC(/C=C(\N)C3CCC(Oc4ccc(N)cc4)C3)=NC(C)(C)C)ccc21.O=CO. The number of oxazole rings is 1. The van der Waals surface area contributed by atoms with Gasteiger partial charge in [0.15, 0.2) is 5.58 Å². The third-order valence-electron chi connectivity index (χ3n) is 5.86. The van der Waals surface area contributed by atoms with Gasteiger partial charge in [-0.05, 0) is 82.5 Å². The second-order valence-electron chi connectivity index (χ2n) is 9.97. The van der Waals surface area contributed by atoms with E-state index in [2.05, 4.69) is 5.32 Å². The Morgan fingerprint density at radius 1 is 1.22 bits per heavy atom. The van der Waals surface area contributed by atoms with Crippen LogP contribution in [0.25, 0.3) is 11.1 Å². The number of nitrogens with one attached hydrogen (secondary N) is 1. The Morgan fingerprint density at radius 2 is 1.89 bits per heavy atom. The van der Waals surface area contributed by atoms with Crippen LogP contribution in [0.15, 0.2) is 68.4 Å². The van der Waals surface area contributed by atoms with Crippen LogP contribution in [0, 0.1) is 5.92 Å². The fourth-order valence-corrected chi connectivity index (χ4v) is 4.18. The first kappa shape index (κ1) is 27.4. The highest BCUT2D eigenvalue weighted by atomic mass is 16.5. The molecule has 37 heavy (non-hydrogen) atoms. The van der Waals surface area contributed by atoms with Crippen molar-refractivity contribution in [2.24, 2.45) is 23.7 Å². The minimum absolute atomic E-state index is 0.111. The van der Waals surface area contributed by atoms with Crippen molar-refractivity contribution in [3.8, 4) is 5.75 Å². The first-order chi connectivity index (χ1) is 17.5. The molecule has 3 aromatic rings. The Morgan fingerprint density at radius 3 is 2.54 bits per heavy atom. The Kier molecular flexibility index (Phi) is 8.65. The summed E-state index contributed by atoms with van der Waals surface area (Å²) in [4.78, 5) is 25.0. The molecule has 1 fully saturated rings. The lowest BCUT2D eigenvalue weighted by Crippen LogP contribution is -2.21. The Labute approximate surface area is 215 Å². The van der Waals surface area contributed by atoms with Gasteiger partial charge in [-0.1, -0.05) is 0 Å². The van der Waals surface area contributed by atoms with Crippen LogP contribution in [0.4, 0.5) is 11.4 Å². The van der Waals surface area contributed by atoms with Crippen molar-refractivity contribution in [1.29, 1.82) is 0 Å². The van der Waals surface area contributed by atoms with Crippen LogP contribution in [0.3, 0.4) is 0 Å². The van der Waals surface area contributed by atoms with Crippen molar-refractivity contribution >= 4 is 34.8 Å². The van der Waals surface area contributed by atoms with Gasteiger partial charge in [0, 0.05) is 36.1 Å². The summed E-state index contributed by atoms with van der Waals surface area (Å²) in [6.45, 7) is 5.85. The molecule has 2 unspecified atom stereocenters. The zero-order valence-corrected chi connectivity index (χ0v) is 21.6. The summed E-state index contributed by atoms with van der Waals surface area (Å²) in [5.74, 6) is 1.30. The highest BCUT2D eigenvalue weighted by molar-refractivity contribution is 6.05. The molecule has 1 saturated carbocycles. The van der Waals surface area contributed by atoms with Crippen molar-refractivity contribution in [3.63, 3.8) is 0 Å². The lowest BCUT2D eigenvalue weighted by Gasteiger charge is -2.18. The van der Waals surface area contributed by atoms with Gasteiger partial charge in [0.25, 0.3) is 6.47 Å². The standard InChI is InChI=1S/C26H33N5O3.CH2O2/c1-26(2,3)30-24(29-18-8-12-22-23(14-18)34-25(32)31(22)4)15-21(28)16-5-9-20(13-16)33-19-10-6-17(27)7-11-19;2-1-3/h6-8,10-12,14-16,20H,5,9,13,27-28H2,1-4H3,(H,29,30);1H,(H,2,3)/b21-15-;. The lowest BCUT2D eigenvalue weighted by molar-refractivity contribution is -0.122. The van der Waals surface area contributed by atoms with Crippen molar-refractivity contribution in [3.05, 3.63) is 64.8 Å². The summed E-state index contributed by atoms with van der Waals surface area (Å²) in [6, 6.07) is 13.0.